The first-order chi connectivity index (χ1) is 9.04. The third kappa shape index (κ3) is 3.32. The molecule has 3 nitrogen and oxygen atoms in total. The van der Waals surface area contributed by atoms with E-state index in [0.717, 1.165) is 27.4 Å². The van der Waals surface area contributed by atoms with Crippen molar-refractivity contribution < 1.29 is 9.84 Å². The standard InChI is InChI=1S/C15H18BrNO2/c1-3-8-19-10-15(2,18)13-6-7-17-14-5-4-11(16)9-12(13)14/h4-7,9,18H,3,8,10H2,1-2H3. The number of aliphatic hydroxyl groups is 1. The van der Waals surface area contributed by atoms with Crippen molar-refractivity contribution >= 4 is 26.8 Å². The lowest BCUT2D eigenvalue weighted by Gasteiger charge is -2.25. The molecule has 1 atom stereocenters. The number of halogens is 1. The Morgan fingerprint density at radius 2 is 2.16 bits per heavy atom. The molecule has 102 valence electrons. The smallest absolute Gasteiger partial charge is 0.111 e. The molecule has 19 heavy (non-hydrogen) atoms. The van der Waals surface area contributed by atoms with Gasteiger partial charge in [0, 0.05) is 22.7 Å². The number of hydrogen-bond donors (Lipinski definition) is 1. The van der Waals surface area contributed by atoms with Crippen LogP contribution in [0.5, 0.6) is 0 Å². The minimum atomic E-state index is -1.02. The maximum absolute atomic E-state index is 10.6. The molecule has 0 bridgehead atoms. The zero-order chi connectivity index (χ0) is 13.9. The number of benzene rings is 1. The molecule has 0 aliphatic heterocycles. The largest absolute Gasteiger partial charge is 0.383 e. The van der Waals surface area contributed by atoms with Gasteiger partial charge in [0.05, 0.1) is 12.1 Å². The highest BCUT2D eigenvalue weighted by Crippen LogP contribution is 2.29. The average Bonchev–Trinajstić information content (AvgIpc) is 2.38. The van der Waals surface area contributed by atoms with Crippen LogP contribution in [0.1, 0.15) is 25.8 Å². The van der Waals surface area contributed by atoms with Crippen molar-refractivity contribution in [3.63, 3.8) is 0 Å². The molecule has 0 aliphatic carbocycles. The topological polar surface area (TPSA) is 42.4 Å². The van der Waals surface area contributed by atoms with E-state index in [0.29, 0.717) is 6.61 Å². The van der Waals surface area contributed by atoms with Gasteiger partial charge in [0.15, 0.2) is 0 Å². The van der Waals surface area contributed by atoms with Crippen LogP contribution in [-0.2, 0) is 10.3 Å². The van der Waals surface area contributed by atoms with Gasteiger partial charge in [0.2, 0.25) is 0 Å². The van der Waals surface area contributed by atoms with E-state index >= 15 is 0 Å². The summed E-state index contributed by atoms with van der Waals surface area (Å²) < 4.78 is 6.47. The van der Waals surface area contributed by atoms with Crippen LogP contribution in [0.15, 0.2) is 34.9 Å². The molecule has 1 heterocycles. The van der Waals surface area contributed by atoms with E-state index in [1.165, 1.54) is 0 Å². The van der Waals surface area contributed by atoms with Crippen molar-refractivity contribution in [2.45, 2.75) is 25.9 Å². The first kappa shape index (κ1) is 14.4. The Morgan fingerprint density at radius 1 is 1.37 bits per heavy atom. The van der Waals surface area contributed by atoms with Crippen LogP contribution in [0.4, 0.5) is 0 Å². The summed E-state index contributed by atoms with van der Waals surface area (Å²) in [6, 6.07) is 7.71. The molecule has 1 aromatic heterocycles. The summed E-state index contributed by atoms with van der Waals surface area (Å²) in [4.78, 5) is 4.32. The molecule has 2 rings (SSSR count). The molecule has 0 fully saturated rings. The Hall–Kier alpha value is -0.970. The Morgan fingerprint density at radius 3 is 2.89 bits per heavy atom. The minimum Gasteiger partial charge on any atom is -0.383 e. The second-order valence-corrected chi connectivity index (χ2v) is 5.76. The first-order valence-electron chi connectivity index (χ1n) is 6.39. The molecule has 1 aromatic carbocycles. The number of ether oxygens (including phenoxy) is 1. The summed E-state index contributed by atoms with van der Waals surface area (Å²) in [6.45, 7) is 4.77. The fourth-order valence-corrected chi connectivity index (χ4v) is 2.44. The molecule has 0 amide bonds. The molecule has 0 spiro atoms. The molecule has 0 saturated heterocycles. The molecule has 1 N–H and O–H groups in total. The fraction of sp³-hybridized carbons (Fsp3) is 0.400. The van der Waals surface area contributed by atoms with Crippen molar-refractivity contribution in [3.05, 3.63) is 40.5 Å². The zero-order valence-electron chi connectivity index (χ0n) is 11.2. The monoisotopic (exact) mass is 323 g/mol. The van der Waals surface area contributed by atoms with Gasteiger partial charge in [-0.05, 0) is 43.2 Å². The highest BCUT2D eigenvalue weighted by atomic mass is 79.9. The van der Waals surface area contributed by atoms with E-state index < -0.39 is 5.60 Å². The van der Waals surface area contributed by atoms with Gasteiger partial charge in [-0.2, -0.15) is 0 Å². The number of hydrogen-bond acceptors (Lipinski definition) is 3. The van der Waals surface area contributed by atoms with Gasteiger partial charge < -0.3 is 9.84 Å². The predicted octanol–water partition coefficient (Wildman–Crippen LogP) is 3.63. The van der Waals surface area contributed by atoms with Gasteiger partial charge in [-0.1, -0.05) is 22.9 Å². The summed E-state index contributed by atoms with van der Waals surface area (Å²) in [7, 11) is 0. The van der Waals surface area contributed by atoms with Gasteiger partial charge in [-0.3, -0.25) is 4.98 Å². The Labute approximate surface area is 121 Å². The fourth-order valence-electron chi connectivity index (χ4n) is 2.08. The van der Waals surface area contributed by atoms with E-state index in [4.69, 9.17) is 4.74 Å². The van der Waals surface area contributed by atoms with E-state index in [1.54, 1.807) is 13.1 Å². The number of fused-ring (bicyclic) bond motifs is 1. The lowest BCUT2D eigenvalue weighted by atomic mass is 9.94. The zero-order valence-corrected chi connectivity index (χ0v) is 12.8. The van der Waals surface area contributed by atoms with Crippen LogP contribution < -0.4 is 0 Å². The number of pyridine rings is 1. The van der Waals surface area contributed by atoms with Crippen LogP contribution in [0, 0.1) is 0 Å². The van der Waals surface area contributed by atoms with Gasteiger partial charge >= 0.3 is 0 Å². The van der Waals surface area contributed by atoms with Crippen molar-refractivity contribution in [1.29, 1.82) is 0 Å². The molecule has 0 saturated carbocycles. The first-order valence-corrected chi connectivity index (χ1v) is 7.19. The summed E-state index contributed by atoms with van der Waals surface area (Å²) in [5.74, 6) is 0. The van der Waals surface area contributed by atoms with Crippen molar-refractivity contribution in [2.24, 2.45) is 0 Å². The quantitative estimate of drug-likeness (QED) is 0.854. The third-order valence-electron chi connectivity index (χ3n) is 3.02. The Bertz CT molecular complexity index is 569. The second-order valence-electron chi connectivity index (χ2n) is 4.85. The Kier molecular flexibility index (Phi) is 4.55. The van der Waals surface area contributed by atoms with E-state index in [9.17, 15) is 5.11 Å². The van der Waals surface area contributed by atoms with Crippen LogP contribution in [0.25, 0.3) is 10.9 Å². The SMILES string of the molecule is CCCOCC(C)(O)c1ccnc2ccc(Br)cc12. The number of nitrogens with zero attached hydrogens (tertiary/aromatic N) is 1. The lowest BCUT2D eigenvalue weighted by molar-refractivity contribution is -0.0365. The molecule has 4 heteroatoms. The summed E-state index contributed by atoms with van der Waals surface area (Å²) in [6.07, 6.45) is 2.67. The summed E-state index contributed by atoms with van der Waals surface area (Å²) in [5, 5.41) is 11.6. The second kappa shape index (κ2) is 5.99. The van der Waals surface area contributed by atoms with Crippen LogP contribution in [0.2, 0.25) is 0 Å². The van der Waals surface area contributed by atoms with Crippen molar-refractivity contribution in [2.75, 3.05) is 13.2 Å². The van der Waals surface area contributed by atoms with Crippen LogP contribution in [-0.4, -0.2) is 23.3 Å². The Balaban J connectivity index is 2.40. The lowest BCUT2D eigenvalue weighted by Crippen LogP contribution is -2.28. The molecule has 1 unspecified atom stereocenters. The van der Waals surface area contributed by atoms with E-state index in [2.05, 4.69) is 20.9 Å². The molecule has 2 aromatic rings. The van der Waals surface area contributed by atoms with Crippen LogP contribution >= 0.6 is 15.9 Å². The maximum atomic E-state index is 10.6. The van der Waals surface area contributed by atoms with Gasteiger partial charge in [-0.15, -0.1) is 0 Å². The van der Waals surface area contributed by atoms with Gasteiger partial charge in [0.1, 0.15) is 5.60 Å². The molecule has 0 aliphatic rings. The third-order valence-corrected chi connectivity index (χ3v) is 3.51. The van der Waals surface area contributed by atoms with E-state index in [1.807, 2.05) is 31.2 Å². The number of rotatable bonds is 5. The summed E-state index contributed by atoms with van der Waals surface area (Å²) >= 11 is 3.46. The van der Waals surface area contributed by atoms with E-state index in [-0.39, 0.29) is 6.61 Å². The van der Waals surface area contributed by atoms with Crippen LogP contribution in [0.3, 0.4) is 0 Å². The van der Waals surface area contributed by atoms with Crippen molar-refractivity contribution in [1.82, 2.24) is 4.98 Å². The number of aromatic nitrogens is 1. The highest BCUT2D eigenvalue weighted by Gasteiger charge is 2.25. The molecular weight excluding hydrogens is 306 g/mol. The highest BCUT2D eigenvalue weighted by molar-refractivity contribution is 9.10. The average molecular weight is 324 g/mol. The van der Waals surface area contributed by atoms with Crippen molar-refractivity contribution in [3.8, 4) is 0 Å². The minimum absolute atomic E-state index is 0.284. The summed E-state index contributed by atoms with van der Waals surface area (Å²) in [5.41, 5.74) is 0.698. The maximum Gasteiger partial charge on any atom is 0.111 e. The predicted molar refractivity (Wildman–Crippen MR) is 80.1 cm³/mol. The molecular formula is C15H18BrNO2. The normalized spacial score (nSPS) is 14.5. The van der Waals surface area contributed by atoms with Gasteiger partial charge in [-0.25, -0.2) is 0 Å². The van der Waals surface area contributed by atoms with Gasteiger partial charge in [0.25, 0.3) is 0 Å². The molecule has 0 radical (unpaired) electrons.